The van der Waals surface area contributed by atoms with Crippen LogP contribution in [0.1, 0.15) is 24.2 Å². The Balaban J connectivity index is 2.26. The molecule has 8 heteroatoms. The predicted octanol–water partition coefficient (Wildman–Crippen LogP) is 0.188. The van der Waals surface area contributed by atoms with E-state index >= 15 is 0 Å². The Bertz CT molecular complexity index is 611. The topological polar surface area (TPSA) is 101 Å². The zero-order valence-electron chi connectivity index (χ0n) is 11.1. The third kappa shape index (κ3) is 2.69. The Morgan fingerprint density at radius 3 is 2.80 bits per heavy atom. The highest BCUT2D eigenvalue weighted by atomic mass is 32.2. The molecule has 2 heterocycles. The molecule has 1 unspecified atom stereocenters. The summed E-state index contributed by atoms with van der Waals surface area (Å²) in [6, 6.07) is -1.03. The lowest BCUT2D eigenvalue weighted by Gasteiger charge is -2.17. The van der Waals surface area contributed by atoms with E-state index in [1.165, 1.54) is 22.5 Å². The molecule has 1 atom stereocenters. The molecule has 0 fully saturated rings. The molecule has 0 saturated heterocycles. The minimum absolute atomic E-state index is 0.122. The molecule has 2 N–H and O–H groups in total. The molecule has 1 aromatic heterocycles. The molecule has 20 heavy (non-hydrogen) atoms. The van der Waals surface area contributed by atoms with Gasteiger partial charge in [-0.15, -0.1) is 0 Å². The van der Waals surface area contributed by atoms with Gasteiger partial charge >= 0.3 is 5.97 Å². The zero-order valence-corrected chi connectivity index (χ0v) is 11.9. The number of fused-ring (bicyclic) bond motifs is 1. The van der Waals surface area contributed by atoms with Crippen molar-refractivity contribution in [2.75, 3.05) is 5.75 Å². The van der Waals surface area contributed by atoms with Gasteiger partial charge in [-0.05, 0) is 5.92 Å². The lowest BCUT2D eigenvalue weighted by molar-refractivity contribution is -0.140. The highest BCUT2D eigenvalue weighted by Crippen LogP contribution is 2.20. The number of aromatic nitrogens is 2. The SMILES string of the molecule is CC(C)C(NC(=O)c1cnc2n(c1=O)CCS2)C(=O)O. The van der Waals surface area contributed by atoms with Gasteiger partial charge in [0.05, 0.1) is 0 Å². The summed E-state index contributed by atoms with van der Waals surface area (Å²) < 4.78 is 1.44. The second-order valence-corrected chi connectivity index (χ2v) is 5.86. The molecule has 0 saturated carbocycles. The first-order chi connectivity index (χ1) is 9.41. The fourth-order valence-corrected chi connectivity index (χ4v) is 2.82. The monoisotopic (exact) mass is 297 g/mol. The van der Waals surface area contributed by atoms with Crippen molar-refractivity contribution in [1.29, 1.82) is 0 Å². The molecular weight excluding hydrogens is 282 g/mol. The molecule has 0 bridgehead atoms. The normalized spacial score (nSPS) is 14.9. The van der Waals surface area contributed by atoms with Crippen molar-refractivity contribution in [3.05, 3.63) is 22.1 Å². The average Bonchev–Trinajstić information content (AvgIpc) is 2.84. The van der Waals surface area contributed by atoms with Crippen LogP contribution in [-0.2, 0) is 11.3 Å². The molecular formula is C12H15N3O4S. The van der Waals surface area contributed by atoms with Crippen LogP contribution in [0.15, 0.2) is 16.1 Å². The number of aliphatic carboxylic acids is 1. The quantitative estimate of drug-likeness (QED) is 0.769. The Hall–Kier alpha value is -1.83. The standard InChI is InChI=1S/C12H15N3O4S/c1-6(2)8(11(18)19)14-9(16)7-5-13-12-15(10(7)17)3-4-20-12/h5-6,8H,3-4H2,1-2H3,(H,14,16)(H,18,19). The van der Waals surface area contributed by atoms with E-state index < -0.39 is 23.5 Å². The Morgan fingerprint density at radius 2 is 2.20 bits per heavy atom. The predicted molar refractivity (Wildman–Crippen MR) is 72.9 cm³/mol. The third-order valence-electron chi connectivity index (χ3n) is 3.02. The van der Waals surface area contributed by atoms with E-state index in [1.807, 2.05) is 0 Å². The van der Waals surface area contributed by atoms with Crippen LogP contribution in [0.2, 0.25) is 0 Å². The van der Waals surface area contributed by atoms with Crippen molar-refractivity contribution < 1.29 is 14.7 Å². The summed E-state index contributed by atoms with van der Waals surface area (Å²) in [5.41, 5.74) is -0.548. The summed E-state index contributed by atoms with van der Waals surface area (Å²) >= 11 is 1.45. The molecule has 1 amide bonds. The van der Waals surface area contributed by atoms with Gasteiger partial charge in [-0.25, -0.2) is 9.78 Å². The fraction of sp³-hybridized carbons (Fsp3) is 0.500. The van der Waals surface area contributed by atoms with Crippen LogP contribution in [0.5, 0.6) is 0 Å². The summed E-state index contributed by atoms with van der Waals surface area (Å²) in [5.74, 6) is -1.36. The van der Waals surface area contributed by atoms with Gasteiger partial charge in [-0.1, -0.05) is 25.6 Å². The largest absolute Gasteiger partial charge is 0.480 e. The van der Waals surface area contributed by atoms with Gasteiger partial charge < -0.3 is 10.4 Å². The summed E-state index contributed by atoms with van der Waals surface area (Å²) in [4.78, 5) is 39.3. The maximum Gasteiger partial charge on any atom is 0.326 e. The van der Waals surface area contributed by atoms with Crippen LogP contribution in [0.3, 0.4) is 0 Å². The molecule has 0 aliphatic carbocycles. The van der Waals surface area contributed by atoms with Gasteiger partial charge in [-0.2, -0.15) is 0 Å². The van der Waals surface area contributed by atoms with Crippen LogP contribution in [0.4, 0.5) is 0 Å². The van der Waals surface area contributed by atoms with Crippen molar-refractivity contribution in [2.24, 2.45) is 5.92 Å². The second-order valence-electron chi connectivity index (χ2n) is 4.79. The average molecular weight is 297 g/mol. The highest BCUT2D eigenvalue weighted by molar-refractivity contribution is 7.99. The number of carbonyl (C=O) groups excluding carboxylic acids is 1. The van der Waals surface area contributed by atoms with E-state index in [4.69, 9.17) is 5.11 Å². The minimum atomic E-state index is -1.13. The van der Waals surface area contributed by atoms with E-state index in [9.17, 15) is 14.4 Å². The van der Waals surface area contributed by atoms with Gasteiger partial charge in [-0.3, -0.25) is 14.2 Å². The van der Waals surface area contributed by atoms with E-state index in [-0.39, 0.29) is 11.5 Å². The Labute approximate surface area is 119 Å². The lowest BCUT2D eigenvalue weighted by Crippen LogP contribution is -2.46. The molecule has 1 aliphatic rings. The van der Waals surface area contributed by atoms with Crippen LogP contribution in [0.25, 0.3) is 0 Å². The number of nitrogens with zero attached hydrogens (tertiary/aromatic N) is 2. The maximum absolute atomic E-state index is 12.1. The number of rotatable bonds is 4. The smallest absolute Gasteiger partial charge is 0.326 e. The Kier molecular flexibility index (Phi) is 4.12. The molecule has 0 spiro atoms. The van der Waals surface area contributed by atoms with Crippen LogP contribution < -0.4 is 10.9 Å². The lowest BCUT2D eigenvalue weighted by atomic mass is 10.0. The maximum atomic E-state index is 12.1. The van der Waals surface area contributed by atoms with Crippen molar-refractivity contribution in [2.45, 2.75) is 31.6 Å². The van der Waals surface area contributed by atoms with E-state index in [0.29, 0.717) is 11.7 Å². The molecule has 1 aromatic rings. The number of carboxylic acids is 1. The first kappa shape index (κ1) is 14.6. The molecule has 108 valence electrons. The van der Waals surface area contributed by atoms with Crippen molar-refractivity contribution in [1.82, 2.24) is 14.9 Å². The molecule has 1 aliphatic heterocycles. The minimum Gasteiger partial charge on any atom is -0.480 e. The number of carboxylic acid groups (broad SMARTS) is 1. The number of thioether (sulfide) groups is 1. The van der Waals surface area contributed by atoms with Crippen LogP contribution >= 0.6 is 11.8 Å². The molecule has 2 rings (SSSR count). The van der Waals surface area contributed by atoms with E-state index in [1.54, 1.807) is 13.8 Å². The highest BCUT2D eigenvalue weighted by Gasteiger charge is 2.26. The van der Waals surface area contributed by atoms with Crippen LogP contribution in [0, 0.1) is 5.92 Å². The fourth-order valence-electron chi connectivity index (χ4n) is 1.91. The number of amides is 1. The summed E-state index contributed by atoms with van der Waals surface area (Å²) in [6.45, 7) is 3.88. The molecule has 0 radical (unpaired) electrons. The zero-order chi connectivity index (χ0) is 14.9. The van der Waals surface area contributed by atoms with Gasteiger partial charge in [0, 0.05) is 18.5 Å². The Morgan fingerprint density at radius 1 is 1.50 bits per heavy atom. The van der Waals surface area contributed by atoms with E-state index in [2.05, 4.69) is 10.3 Å². The first-order valence-electron chi connectivity index (χ1n) is 6.18. The number of hydrogen-bond acceptors (Lipinski definition) is 5. The van der Waals surface area contributed by atoms with Crippen molar-refractivity contribution in [3.8, 4) is 0 Å². The molecule has 0 aromatic carbocycles. The summed E-state index contributed by atoms with van der Waals surface area (Å²) in [5, 5.41) is 12.0. The van der Waals surface area contributed by atoms with Crippen molar-refractivity contribution >= 4 is 23.6 Å². The van der Waals surface area contributed by atoms with Gasteiger partial charge in [0.2, 0.25) is 0 Å². The summed E-state index contributed by atoms with van der Waals surface area (Å²) in [6.07, 6.45) is 1.21. The van der Waals surface area contributed by atoms with Gasteiger partial charge in [0.25, 0.3) is 11.5 Å². The van der Waals surface area contributed by atoms with Gasteiger partial charge in [0.15, 0.2) is 5.16 Å². The van der Waals surface area contributed by atoms with Gasteiger partial charge in [0.1, 0.15) is 11.6 Å². The van der Waals surface area contributed by atoms with E-state index in [0.717, 1.165) is 5.75 Å². The van der Waals surface area contributed by atoms with Crippen LogP contribution in [-0.4, -0.2) is 38.3 Å². The molecule has 7 nitrogen and oxygen atoms in total. The second kappa shape index (κ2) is 5.66. The third-order valence-corrected chi connectivity index (χ3v) is 3.99. The number of nitrogens with one attached hydrogen (secondary N) is 1. The summed E-state index contributed by atoms with van der Waals surface area (Å²) in [7, 11) is 0. The van der Waals surface area contributed by atoms with Crippen molar-refractivity contribution in [3.63, 3.8) is 0 Å². The number of carbonyl (C=O) groups is 2. The first-order valence-corrected chi connectivity index (χ1v) is 7.16. The number of hydrogen-bond donors (Lipinski definition) is 2.